The molecule has 218 valence electrons. The Labute approximate surface area is 246 Å². The van der Waals surface area contributed by atoms with Crippen LogP contribution in [0, 0.1) is 28.6 Å². The Kier molecular flexibility index (Phi) is 6.51. The largest absolute Gasteiger partial charge is 0.393 e. The molecule has 4 fully saturated rings. The number of ketones is 2. The van der Waals surface area contributed by atoms with Crippen LogP contribution in [0.1, 0.15) is 59.3 Å². The van der Waals surface area contributed by atoms with Gasteiger partial charge < -0.3 is 19.1 Å². The number of ether oxygens (including phenoxy) is 2. The molecule has 0 amide bonds. The van der Waals surface area contributed by atoms with Crippen LogP contribution in [0.25, 0.3) is 10.9 Å². The predicted octanol–water partition coefficient (Wildman–Crippen LogP) is 6.01. The Hall–Kier alpha value is -2.19. The van der Waals surface area contributed by atoms with Crippen molar-refractivity contribution >= 4 is 34.2 Å². The van der Waals surface area contributed by atoms with Gasteiger partial charge in [-0.2, -0.15) is 0 Å². The number of aliphatic hydroxyl groups excluding tert-OH is 1. The molecular formula is C34H41NO5S. The van der Waals surface area contributed by atoms with Gasteiger partial charge in [0.1, 0.15) is 0 Å². The van der Waals surface area contributed by atoms with Gasteiger partial charge in [-0.15, -0.1) is 11.8 Å². The number of carbonyl (C=O) groups is 2. The van der Waals surface area contributed by atoms with Crippen LogP contribution in [0.15, 0.2) is 59.2 Å². The number of fused-ring (bicyclic) bond motifs is 8. The molecule has 0 spiro atoms. The second kappa shape index (κ2) is 9.66. The molecule has 6 nitrogen and oxygen atoms in total. The van der Waals surface area contributed by atoms with Crippen LogP contribution in [0.3, 0.4) is 0 Å². The first kappa shape index (κ1) is 27.6. The minimum atomic E-state index is -1.07. The Morgan fingerprint density at radius 2 is 2.05 bits per heavy atom. The summed E-state index contributed by atoms with van der Waals surface area (Å²) in [5.41, 5.74) is 0.330. The van der Waals surface area contributed by atoms with Gasteiger partial charge in [-0.05, 0) is 68.2 Å². The van der Waals surface area contributed by atoms with Gasteiger partial charge in [0.05, 0.1) is 23.0 Å². The molecule has 7 heteroatoms. The number of benzene rings is 1. The zero-order chi connectivity index (χ0) is 28.7. The maximum Gasteiger partial charge on any atom is 0.178 e. The summed E-state index contributed by atoms with van der Waals surface area (Å²) in [5.74, 6) is 0.843. The molecule has 1 N–H and O–H groups in total. The van der Waals surface area contributed by atoms with Crippen LogP contribution >= 0.6 is 11.8 Å². The molecule has 0 bridgehead atoms. The first-order chi connectivity index (χ1) is 19.6. The van der Waals surface area contributed by atoms with E-state index < -0.39 is 23.4 Å². The lowest BCUT2D eigenvalue weighted by atomic mass is 9.46. The first-order valence-electron chi connectivity index (χ1n) is 15.3. The highest BCUT2D eigenvalue weighted by atomic mass is 32.2. The summed E-state index contributed by atoms with van der Waals surface area (Å²) in [7, 11) is 2.05. The fourth-order valence-corrected chi connectivity index (χ4v) is 10.6. The van der Waals surface area contributed by atoms with Crippen LogP contribution in [0.4, 0.5) is 0 Å². The molecule has 0 radical (unpaired) electrons. The fraction of sp³-hybridized carbons (Fsp3) is 0.588. The van der Waals surface area contributed by atoms with Crippen molar-refractivity contribution in [3.63, 3.8) is 0 Å². The Morgan fingerprint density at radius 1 is 1.24 bits per heavy atom. The number of Topliss-reactive ketones (excluding diaryl/α,β-unsaturated/α-hetero) is 1. The quantitative estimate of drug-likeness (QED) is 0.425. The zero-order valence-corrected chi connectivity index (χ0v) is 25.3. The van der Waals surface area contributed by atoms with Crippen LogP contribution in [0.5, 0.6) is 0 Å². The molecule has 41 heavy (non-hydrogen) atoms. The number of thioether (sulfide) groups is 1. The first-order valence-corrected chi connectivity index (χ1v) is 16.3. The van der Waals surface area contributed by atoms with E-state index in [1.165, 1.54) is 0 Å². The smallest absolute Gasteiger partial charge is 0.178 e. The summed E-state index contributed by atoms with van der Waals surface area (Å²) in [6, 6.07) is 10.4. The van der Waals surface area contributed by atoms with E-state index in [4.69, 9.17) is 9.47 Å². The number of hydrogen-bond acceptors (Lipinski definition) is 6. The normalized spacial score (nSPS) is 41.1. The summed E-state index contributed by atoms with van der Waals surface area (Å²) in [6.45, 7) is 6.50. The molecule has 3 saturated carbocycles. The molecule has 5 aliphatic rings. The van der Waals surface area contributed by atoms with Gasteiger partial charge >= 0.3 is 0 Å². The van der Waals surface area contributed by atoms with E-state index in [-0.39, 0.29) is 40.8 Å². The van der Waals surface area contributed by atoms with E-state index >= 15 is 0 Å². The lowest BCUT2D eigenvalue weighted by Crippen LogP contribution is -2.63. The van der Waals surface area contributed by atoms with Crippen molar-refractivity contribution in [3.8, 4) is 0 Å². The minimum Gasteiger partial charge on any atom is -0.393 e. The molecule has 1 aromatic heterocycles. The zero-order valence-electron chi connectivity index (χ0n) is 24.5. The number of aryl methyl sites for hydroxylation is 1. The second-order valence-electron chi connectivity index (χ2n) is 13.5. The highest BCUT2D eigenvalue weighted by molar-refractivity contribution is 8.00. The molecule has 2 aromatic rings. The third-order valence-corrected chi connectivity index (χ3v) is 12.6. The van der Waals surface area contributed by atoms with E-state index in [2.05, 4.69) is 43.5 Å². The monoisotopic (exact) mass is 575 g/mol. The third kappa shape index (κ3) is 3.81. The number of aliphatic hydroxyl groups is 1. The lowest BCUT2D eigenvalue weighted by molar-refractivity contribution is -0.197. The van der Waals surface area contributed by atoms with Crippen molar-refractivity contribution in [3.05, 3.63) is 54.1 Å². The minimum absolute atomic E-state index is 0.00696. The molecule has 6 unspecified atom stereocenters. The summed E-state index contributed by atoms with van der Waals surface area (Å²) in [4.78, 5) is 26.8. The van der Waals surface area contributed by atoms with Crippen LogP contribution < -0.4 is 0 Å². The number of para-hydroxylation sites is 1. The number of nitrogens with zero attached hydrogens (tertiary/aromatic N) is 1. The maximum absolute atomic E-state index is 14.6. The molecule has 7 rings (SSSR count). The van der Waals surface area contributed by atoms with E-state index in [0.29, 0.717) is 12.2 Å². The Bertz CT molecular complexity index is 1480. The maximum atomic E-state index is 14.6. The van der Waals surface area contributed by atoms with E-state index in [9.17, 15) is 14.7 Å². The summed E-state index contributed by atoms with van der Waals surface area (Å²) in [6.07, 6.45) is 8.87. The van der Waals surface area contributed by atoms with Crippen molar-refractivity contribution in [1.82, 2.24) is 4.57 Å². The average molecular weight is 576 g/mol. The van der Waals surface area contributed by atoms with Gasteiger partial charge in [0, 0.05) is 34.7 Å². The van der Waals surface area contributed by atoms with E-state index in [1.807, 2.05) is 25.3 Å². The second-order valence-corrected chi connectivity index (χ2v) is 14.5. The van der Waals surface area contributed by atoms with Gasteiger partial charge in [0.2, 0.25) is 0 Å². The van der Waals surface area contributed by atoms with Crippen molar-refractivity contribution in [2.75, 3.05) is 5.75 Å². The van der Waals surface area contributed by atoms with E-state index in [1.54, 1.807) is 23.9 Å². The molecule has 4 aliphatic carbocycles. The Morgan fingerprint density at radius 3 is 2.83 bits per heavy atom. The molecule has 1 aromatic carbocycles. The van der Waals surface area contributed by atoms with Crippen molar-refractivity contribution in [2.45, 2.75) is 88.4 Å². The number of allylic oxidation sites excluding steroid dienone is 4. The predicted molar refractivity (Wildman–Crippen MR) is 159 cm³/mol. The van der Waals surface area contributed by atoms with Crippen LogP contribution in [-0.2, 0) is 26.1 Å². The number of rotatable bonds is 6. The topological polar surface area (TPSA) is 77.8 Å². The number of hydrogen-bond donors (Lipinski definition) is 1. The van der Waals surface area contributed by atoms with Crippen molar-refractivity contribution in [1.29, 1.82) is 0 Å². The summed E-state index contributed by atoms with van der Waals surface area (Å²) in [5, 5.41) is 14.2. The van der Waals surface area contributed by atoms with Gasteiger partial charge in [0.25, 0.3) is 0 Å². The molecule has 9 atom stereocenters. The number of aromatic nitrogens is 1. The van der Waals surface area contributed by atoms with Crippen molar-refractivity contribution < 1.29 is 24.2 Å². The number of carbonyl (C=O) groups excluding carboxylic acids is 2. The van der Waals surface area contributed by atoms with Gasteiger partial charge in [-0.3, -0.25) is 9.59 Å². The summed E-state index contributed by atoms with van der Waals surface area (Å²) < 4.78 is 15.6. The van der Waals surface area contributed by atoms with Crippen LogP contribution in [-0.4, -0.2) is 51.1 Å². The highest BCUT2D eigenvalue weighted by Crippen LogP contribution is 2.69. The van der Waals surface area contributed by atoms with E-state index in [0.717, 1.165) is 53.6 Å². The molecular weight excluding hydrogens is 534 g/mol. The fourth-order valence-electron chi connectivity index (χ4n) is 9.65. The molecule has 2 heterocycles. The van der Waals surface area contributed by atoms with Crippen LogP contribution in [0.2, 0.25) is 0 Å². The SMILES string of the molecule is CCCC1O[C@@H]2CC3C4CCC5=CC(=O)C=CC5(C)C4[C@@H](O)CC3(C)[C@]2(C(=O)CSc2cc3ccccc3n2C)O1. The third-order valence-electron chi connectivity index (χ3n) is 11.5. The summed E-state index contributed by atoms with van der Waals surface area (Å²) >= 11 is 1.57. The highest BCUT2D eigenvalue weighted by Gasteiger charge is 2.75. The standard InChI is InChI=1S/C34H41NO5S/c1-5-8-30-39-28-17-24-23-12-11-21-16-22(36)13-14-32(21,2)31(23)26(37)18-33(24,3)34(28,40-30)27(38)19-41-29-15-20-9-6-7-10-25(20)35(29)4/h6-7,9-10,13-16,23-24,26,28,30-31,37H,5,8,11-12,17-19H2,1-4H3/t23?,24?,26-,28+,30?,31?,32?,33?,34+/m0/s1. The van der Waals surface area contributed by atoms with Crippen molar-refractivity contribution in [2.24, 2.45) is 35.6 Å². The lowest BCUT2D eigenvalue weighted by Gasteiger charge is -2.59. The van der Waals surface area contributed by atoms with Gasteiger partial charge in [-0.1, -0.05) is 57.0 Å². The van der Waals surface area contributed by atoms with Gasteiger partial charge in [0.15, 0.2) is 23.5 Å². The van der Waals surface area contributed by atoms with Gasteiger partial charge in [-0.25, -0.2) is 0 Å². The Balaban J connectivity index is 1.23. The molecule has 1 saturated heterocycles. The average Bonchev–Trinajstić information content (AvgIpc) is 3.55. The molecule has 1 aliphatic heterocycles.